The average molecular weight is 409 g/mol. The normalized spacial score (nSPS) is 11.7. The molecule has 0 aromatic heterocycles. The van der Waals surface area contributed by atoms with Crippen molar-refractivity contribution in [2.75, 3.05) is 12.8 Å². The Morgan fingerprint density at radius 1 is 1.19 bits per heavy atom. The molecule has 0 saturated carbocycles. The molecule has 0 aliphatic heterocycles. The first kappa shape index (κ1) is 21.3. The van der Waals surface area contributed by atoms with Gasteiger partial charge >= 0.3 is 0 Å². The summed E-state index contributed by atoms with van der Waals surface area (Å²) in [5, 5.41) is 3.23. The maximum atomic E-state index is 13.1. The summed E-state index contributed by atoms with van der Waals surface area (Å²) in [5.41, 5.74) is 1.80. The van der Waals surface area contributed by atoms with Crippen LogP contribution < -0.4 is 5.32 Å². The Morgan fingerprint density at radius 2 is 1.89 bits per heavy atom. The van der Waals surface area contributed by atoms with Crippen LogP contribution in [0.4, 0.5) is 4.39 Å². The SMILES string of the molecule is CNC(=O)[C@@H](C)N(Cc1ccc(F)cc1)C(=O)CSCc1cccc(Cl)c1. The van der Waals surface area contributed by atoms with Crippen LogP contribution in [0.3, 0.4) is 0 Å². The lowest BCUT2D eigenvalue weighted by Gasteiger charge is -2.28. The van der Waals surface area contributed by atoms with Gasteiger partial charge in [0.2, 0.25) is 11.8 Å². The van der Waals surface area contributed by atoms with E-state index in [0.717, 1.165) is 11.1 Å². The van der Waals surface area contributed by atoms with Gasteiger partial charge in [-0.05, 0) is 42.3 Å². The predicted octanol–water partition coefficient (Wildman–Crippen LogP) is 3.88. The molecule has 2 aromatic carbocycles. The van der Waals surface area contributed by atoms with E-state index in [1.807, 2.05) is 18.2 Å². The molecule has 4 nitrogen and oxygen atoms in total. The number of benzene rings is 2. The summed E-state index contributed by atoms with van der Waals surface area (Å²) < 4.78 is 13.1. The number of thioether (sulfide) groups is 1. The Morgan fingerprint density at radius 3 is 2.52 bits per heavy atom. The number of carbonyl (C=O) groups excluding carboxylic acids is 2. The van der Waals surface area contributed by atoms with Crippen molar-refractivity contribution in [1.82, 2.24) is 10.2 Å². The van der Waals surface area contributed by atoms with E-state index in [9.17, 15) is 14.0 Å². The first-order chi connectivity index (χ1) is 12.9. The smallest absolute Gasteiger partial charge is 0.242 e. The van der Waals surface area contributed by atoms with Crippen LogP contribution in [-0.2, 0) is 21.9 Å². The third kappa shape index (κ3) is 6.56. The summed E-state index contributed by atoms with van der Waals surface area (Å²) in [6, 6.07) is 12.8. The van der Waals surface area contributed by atoms with Gasteiger partial charge in [-0.15, -0.1) is 11.8 Å². The number of nitrogens with zero attached hydrogens (tertiary/aromatic N) is 1. The maximum absolute atomic E-state index is 13.1. The third-order valence-electron chi connectivity index (χ3n) is 4.06. The lowest BCUT2D eigenvalue weighted by Crippen LogP contribution is -2.47. The van der Waals surface area contributed by atoms with Crippen molar-refractivity contribution >= 4 is 35.2 Å². The van der Waals surface area contributed by atoms with Gasteiger partial charge in [-0.25, -0.2) is 4.39 Å². The van der Waals surface area contributed by atoms with E-state index in [-0.39, 0.29) is 29.9 Å². The minimum Gasteiger partial charge on any atom is -0.357 e. The van der Waals surface area contributed by atoms with Crippen LogP contribution >= 0.6 is 23.4 Å². The minimum absolute atomic E-state index is 0.151. The molecular weight excluding hydrogens is 387 g/mol. The van der Waals surface area contributed by atoms with Crippen molar-refractivity contribution in [1.29, 1.82) is 0 Å². The molecule has 0 fully saturated rings. The van der Waals surface area contributed by atoms with Crippen LogP contribution in [-0.4, -0.2) is 35.6 Å². The quantitative estimate of drug-likeness (QED) is 0.721. The van der Waals surface area contributed by atoms with Gasteiger partial charge in [0, 0.05) is 24.4 Å². The minimum atomic E-state index is -0.626. The molecule has 144 valence electrons. The lowest BCUT2D eigenvalue weighted by atomic mass is 10.1. The Labute approximate surface area is 168 Å². The van der Waals surface area contributed by atoms with E-state index in [0.29, 0.717) is 10.8 Å². The van der Waals surface area contributed by atoms with E-state index in [2.05, 4.69) is 5.32 Å². The van der Waals surface area contributed by atoms with Crippen LogP contribution in [0.15, 0.2) is 48.5 Å². The van der Waals surface area contributed by atoms with Crippen LogP contribution in [0.1, 0.15) is 18.1 Å². The molecule has 0 heterocycles. The van der Waals surface area contributed by atoms with E-state index < -0.39 is 6.04 Å². The van der Waals surface area contributed by atoms with Crippen molar-refractivity contribution in [3.8, 4) is 0 Å². The van der Waals surface area contributed by atoms with Gasteiger partial charge in [-0.2, -0.15) is 0 Å². The predicted molar refractivity (Wildman–Crippen MR) is 108 cm³/mol. The molecule has 2 rings (SSSR count). The molecule has 0 radical (unpaired) electrons. The van der Waals surface area contributed by atoms with Gasteiger partial charge in [-0.3, -0.25) is 9.59 Å². The Hall–Kier alpha value is -2.05. The zero-order valence-electron chi connectivity index (χ0n) is 15.2. The molecule has 0 aliphatic carbocycles. The van der Waals surface area contributed by atoms with Crippen LogP contribution in [0.2, 0.25) is 5.02 Å². The lowest BCUT2D eigenvalue weighted by molar-refractivity contribution is -0.138. The largest absolute Gasteiger partial charge is 0.357 e. The summed E-state index contributed by atoms with van der Waals surface area (Å²) in [6.45, 7) is 1.92. The van der Waals surface area contributed by atoms with Gasteiger partial charge in [0.15, 0.2) is 0 Å². The van der Waals surface area contributed by atoms with Gasteiger partial charge in [0.05, 0.1) is 5.75 Å². The molecule has 0 saturated heterocycles. The molecular formula is C20H22ClFN2O2S. The number of likely N-dealkylation sites (N-methyl/N-ethyl adjacent to an activating group) is 1. The van der Waals surface area contributed by atoms with E-state index >= 15 is 0 Å². The van der Waals surface area contributed by atoms with E-state index in [4.69, 9.17) is 11.6 Å². The van der Waals surface area contributed by atoms with Crippen LogP contribution in [0, 0.1) is 5.82 Å². The number of nitrogens with one attached hydrogen (secondary N) is 1. The molecule has 0 unspecified atom stereocenters. The molecule has 2 aromatic rings. The highest BCUT2D eigenvalue weighted by atomic mass is 35.5. The fourth-order valence-electron chi connectivity index (χ4n) is 2.54. The summed E-state index contributed by atoms with van der Waals surface area (Å²) in [5.74, 6) is 0.140. The number of hydrogen-bond acceptors (Lipinski definition) is 3. The molecule has 27 heavy (non-hydrogen) atoms. The van der Waals surface area contributed by atoms with Crippen LogP contribution in [0.25, 0.3) is 0 Å². The fraction of sp³-hybridized carbons (Fsp3) is 0.300. The third-order valence-corrected chi connectivity index (χ3v) is 5.29. The Bertz CT molecular complexity index is 786. The second kappa shape index (κ2) is 10.3. The fourth-order valence-corrected chi connectivity index (χ4v) is 3.61. The molecule has 1 N–H and O–H groups in total. The summed E-state index contributed by atoms with van der Waals surface area (Å²) >= 11 is 7.43. The summed E-state index contributed by atoms with van der Waals surface area (Å²) in [6.07, 6.45) is 0. The topological polar surface area (TPSA) is 49.4 Å². The van der Waals surface area contributed by atoms with Crippen LogP contribution in [0.5, 0.6) is 0 Å². The molecule has 0 aliphatic rings. The van der Waals surface area contributed by atoms with E-state index in [1.165, 1.54) is 35.8 Å². The highest BCUT2D eigenvalue weighted by molar-refractivity contribution is 7.99. The zero-order valence-corrected chi connectivity index (χ0v) is 16.8. The van der Waals surface area contributed by atoms with Crippen molar-refractivity contribution < 1.29 is 14.0 Å². The molecule has 0 spiro atoms. The summed E-state index contributed by atoms with van der Waals surface area (Å²) in [4.78, 5) is 26.3. The number of rotatable bonds is 8. The van der Waals surface area contributed by atoms with E-state index in [1.54, 1.807) is 25.1 Å². The molecule has 2 amide bonds. The number of halogens is 2. The number of amides is 2. The van der Waals surface area contributed by atoms with Crippen molar-refractivity contribution in [3.63, 3.8) is 0 Å². The Balaban J connectivity index is 2.03. The number of carbonyl (C=O) groups is 2. The first-order valence-electron chi connectivity index (χ1n) is 8.48. The van der Waals surface area contributed by atoms with Gasteiger partial charge in [-0.1, -0.05) is 35.9 Å². The van der Waals surface area contributed by atoms with Gasteiger partial charge in [0.1, 0.15) is 11.9 Å². The monoisotopic (exact) mass is 408 g/mol. The highest BCUT2D eigenvalue weighted by Gasteiger charge is 2.25. The van der Waals surface area contributed by atoms with Gasteiger partial charge in [0.25, 0.3) is 0 Å². The first-order valence-corrected chi connectivity index (χ1v) is 10.0. The van der Waals surface area contributed by atoms with Crippen molar-refractivity contribution in [3.05, 3.63) is 70.5 Å². The molecule has 0 bridgehead atoms. The highest BCUT2D eigenvalue weighted by Crippen LogP contribution is 2.18. The standard InChI is InChI=1S/C20H22ClFN2O2S/c1-14(20(26)23-2)24(11-15-6-8-18(22)9-7-15)19(25)13-27-12-16-4-3-5-17(21)10-16/h3-10,14H,11-13H2,1-2H3,(H,23,26)/t14-/m1/s1. The second-order valence-electron chi connectivity index (χ2n) is 6.06. The van der Waals surface area contributed by atoms with Crippen molar-refractivity contribution in [2.45, 2.75) is 25.3 Å². The average Bonchev–Trinajstić information content (AvgIpc) is 2.66. The van der Waals surface area contributed by atoms with Crippen molar-refractivity contribution in [2.24, 2.45) is 0 Å². The Kier molecular flexibility index (Phi) is 8.13. The second-order valence-corrected chi connectivity index (χ2v) is 7.48. The van der Waals surface area contributed by atoms with Gasteiger partial charge < -0.3 is 10.2 Å². The number of hydrogen-bond donors (Lipinski definition) is 1. The molecule has 1 atom stereocenters. The molecule has 7 heteroatoms. The maximum Gasteiger partial charge on any atom is 0.242 e. The zero-order chi connectivity index (χ0) is 19.8. The summed E-state index contributed by atoms with van der Waals surface area (Å²) in [7, 11) is 1.53.